The molecule has 0 aromatic rings. The smallest absolute Gasteiger partial charge is 0.267 e. The summed E-state index contributed by atoms with van der Waals surface area (Å²) in [6, 6.07) is 0. The summed E-state index contributed by atoms with van der Waals surface area (Å²) in [5.74, 6) is 0. The number of hydrogen-bond acceptors (Lipinski definition) is 3. The van der Waals surface area contributed by atoms with Gasteiger partial charge in [0.1, 0.15) is 0 Å². The van der Waals surface area contributed by atoms with Crippen LogP contribution < -0.4 is 0 Å². The molecule has 0 aromatic heterocycles. The Labute approximate surface area is 175 Å². The van der Waals surface area contributed by atoms with E-state index in [0.717, 1.165) is 57.8 Å². The van der Waals surface area contributed by atoms with Gasteiger partial charge in [0.15, 0.2) is 0 Å². The molecule has 0 rings (SSSR count). The van der Waals surface area contributed by atoms with Crippen molar-refractivity contribution in [2.24, 2.45) is 0 Å². The van der Waals surface area contributed by atoms with Crippen LogP contribution in [0, 0.1) is 0 Å². The Balaban J connectivity index is 3.57. The van der Waals surface area contributed by atoms with Crippen LogP contribution in [0.2, 0.25) is 0 Å². The van der Waals surface area contributed by atoms with Gasteiger partial charge in [0, 0.05) is 0 Å². The summed E-state index contributed by atoms with van der Waals surface area (Å²) in [7, 11) is -3.89. The van der Waals surface area contributed by atoms with Crippen molar-refractivity contribution >= 4 is 10.1 Å². The first-order chi connectivity index (χ1) is 13.4. The van der Waals surface area contributed by atoms with E-state index in [2.05, 4.69) is 6.92 Å². The average Bonchev–Trinajstić information content (AvgIpc) is 2.65. The minimum Gasteiger partial charge on any atom is -0.393 e. The van der Waals surface area contributed by atoms with Crippen molar-refractivity contribution in [2.75, 3.05) is 0 Å². The molecule has 2 atom stereocenters. The molecule has 2 N–H and O–H groups in total. The first kappa shape index (κ1) is 27.9. The molecule has 0 amide bonds. The fraction of sp³-hybridized carbons (Fsp3) is 1.00. The molecule has 0 aromatic carbocycles. The summed E-state index contributed by atoms with van der Waals surface area (Å²) < 4.78 is 32.6. The van der Waals surface area contributed by atoms with Gasteiger partial charge < -0.3 is 5.11 Å². The van der Waals surface area contributed by atoms with Crippen LogP contribution >= 0.6 is 0 Å². The van der Waals surface area contributed by atoms with Gasteiger partial charge in [-0.3, -0.25) is 4.55 Å². The molecule has 0 saturated carbocycles. The maximum Gasteiger partial charge on any atom is 0.267 e. The lowest BCUT2D eigenvalue weighted by atomic mass is 10.0. The highest BCUT2D eigenvalue weighted by molar-refractivity contribution is 7.86. The SMILES string of the molecule is CCCCCCCC(CCCCCCCCCCCCC(O)CC)S(=O)(=O)O. The third-order valence-electron chi connectivity index (χ3n) is 5.84. The Morgan fingerprint density at radius 3 is 1.32 bits per heavy atom. The topological polar surface area (TPSA) is 74.6 Å². The van der Waals surface area contributed by atoms with Crippen molar-refractivity contribution in [1.29, 1.82) is 0 Å². The van der Waals surface area contributed by atoms with E-state index in [9.17, 15) is 18.1 Å². The molecule has 0 aliphatic carbocycles. The fourth-order valence-corrected chi connectivity index (χ4v) is 4.72. The van der Waals surface area contributed by atoms with E-state index >= 15 is 0 Å². The highest BCUT2D eigenvalue weighted by Gasteiger charge is 2.21. The van der Waals surface area contributed by atoms with E-state index in [1.807, 2.05) is 6.92 Å². The third kappa shape index (κ3) is 17.9. The van der Waals surface area contributed by atoms with Crippen molar-refractivity contribution in [1.82, 2.24) is 0 Å². The van der Waals surface area contributed by atoms with E-state index in [4.69, 9.17) is 0 Å². The second-order valence-electron chi connectivity index (χ2n) is 8.51. The average molecular weight is 421 g/mol. The van der Waals surface area contributed by atoms with Crippen molar-refractivity contribution in [3.05, 3.63) is 0 Å². The Bertz CT molecular complexity index is 422. The van der Waals surface area contributed by atoms with E-state index in [1.165, 1.54) is 51.4 Å². The van der Waals surface area contributed by atoms with E-state index in [-0.39, 0.29) is 6.10 Å². The monoisotopic (exact) mass is 420 g/mol. The molecule has 0 heterocycles. The lowest BCUT2D eigenvalue weighted by Crippen LogP contribution is -2.20. The molecule has 0 aliphatic heterocycles. The van der Waals surface area contributed by atoms with Crippen LogP contribution in [0.5, 0.6) is 0 Å². The molecule has 0 spiro atoms. The molecule has 0 aliphatic rings. The highest BCUT2D eigenvalue weighted by atomic mass is 32.2. The minimum absolute atomic E-state index is 0.110. The van der Waals surface area contributed by atoms with E-state index < -0.39 is 15.4 Å². The first-order valence-corrected chi connectivity index (χ1v) is 13.6. The molecule has 4 nitrogen and oxygen atoms in total. The number of hydrogen-bond donors (Lipinski definition) is 2. The van der Waals surface area contributed by atoms with Crippen LogP contribution in [-0.2, 0) is 10.1 Å². The van der Waals surface area contributed by atoms with E-state index in [0.29, 0.717) is 12.8 Å². The number of unbranched alkanes of at least 4 members (excludes halogenated alkanes) is 13. The van der Waals surface area contributed by atoms with Crippen LogP contribution in [0.15, 0.2) is 0 Å². The van der Waals surface area contributed by atoms with Crippen LogP contribution in [0.3, 0.4) is 0 Å². The second-order valence-corrected chi connectivity index (χ2v) is 10.2. The lowest BCUT2D eigenvalue weighted by molar-refractivity contribution is 0.156. The molecule has 0 radical (unpaired) electrons. The van der Waals surface area contributed by atoms with Gasteiger partial charge in [0.05, 0.1) is 11.4 Å². The summed E-state index contributed by atoms with van der Waals surface area (Å²) in [4.78, 5) is 0. The molecule has 0 saturated heterocycles. The highest BCUT2D eigenvalue weighted by Crippen LogP contribution is 2.19. The number of aliphatic hydroxyl groups excluding tert-OH is 1. The Morgan fingerprint density at radius 1 is 0.607 bits per heavy atom. The fourth-order valence-electron chi connectivity index (χ4n) is 3.79. The van der Waals surface area contributed by atoms with Gasteiger partial charge in [-0.2, -0.15) is 8.42 Å². The molecule has 28 heavy (non-hydrogen) atoms. The molecule has 170 valence electrons. The zero-order chi connectivity index (χ0) is 21.1. The van der Waals surface area contributed by atoms with Gasteiger partial charge >= 0.3 is 0 Å². The van der Waals surface area contributed by atoms with Crippen LogP contribution in [0.4, 0.5) is 0 Å². The summed E-state index contributed by atoms with van der Waals surface area (Å²) in [5.41, 5.74) is 0. The maximum atomic E-state index is 11.6. The maximum absolute atomic E-state index is 11.6. The predicted octanol–water partition coefficient (Wildman–Crippen LogP) is 7.06. The van der Waals surface area contributed by atoms with Gasteiger partial charge in [-0.25, -0.2) is 0 Å². The van der Waals surface area contributed by atoms with Crippen molar-refractivity contribution < 1.29 is 18.1 Å². The van der Waals surface area contributed by atoms with Gasteiger partial charge in [-0.1, -0.05) is 110 Å². The van der Waals surface area contributed by atoms with Crippen molar-refractivity contribution in [3.8, 4) is 0 Å². The molecule has 0 bridgehead atoms. The summed E-state index contributed by atoms with van der Waals surface area (Å²) in [6.45, 7) is 4.20. The third-order valence-corrected chi connectivity index (χ3v) is 7.15. The quantitative estimate of drug-likeness (QED) is 0.154. The lowest BCUT2D eigenvalue weighted by Gasteiger charge is -2.13. The largest absolute Gasteiger partial charge is 0.393 e. The Morgan fingerprint density at radius 2 is 0.964 bits per heavy atom. The second kappa shape index (κ2) is 18.9. The summed E-state index contributed by atoms with van der Waals surface area (Å²) in [5, 5.41) is 8.95. The zero-order valence-electron chi connectivity index (χ0n) is 18.7. The van der Waals surface area contributed by atoms with Crippen molar-refractivity contribution in [3.63, 3.8) is 0 Å². The molecule has 5 heteroatoms. The molecular weight excluding hydrogens is 372 g/mol. The number of aliphatic hydroxyl groups is 1. The van der Waals surface area contributed by atoms with Crippen LogP contribution in [-0.4, -0.2) is 29.4 Å². The Kier molecular flexibility index (Phi) is 18.8. The minimum atomic E-state index is -3.89. The standard InChI is InChI=1S/C23H48O4S/c1-3-5-6-13-17-20-23(28(25,26)27)21-18-15-12-10-8-7-9-11-14-16-19-22(24)4-2/h22-24H,3-21H2,1-2H3,(H,25,26,27). The van der Waals surface area contributed by atoms with Crippen LogP contribution in [0.25, 0.3) is 0 Å². The molecular formula is C23H48O4S. The summed E-state index contributed by atoms with van der Waals surface area (Å²) >= 11 is 0. The molecule has 2 unspecified atom stereocenters. The van der Waals surface area contributed by atoms with Gasteiger partial charge in [0.25, 0.3) is 10.1 Å². The Hall–Kier alpha value is -0.130. The predicted molar refractivity (Wildman–Crippen MR) is 120 cm³/mol. The molecule has 0 fully saturated rings. The number of rotatable bonds is 21. The van der Waals surface area contributed by atoms with Gasteiger partial charge in [-0.15, -0.1) is 0 Å². The van der Waals surface area contributed by atoms with Gasteiger partial charge in [0.2, 0.25) is 0 Å². The van der Waals surface area contributed by atoms with E-state index in [1.54, 1.807) is 0 Å². The van der Waals surface area contributed by atoms with Gasteiger partial charge in [-0.05, 0) is 25.7 Å². The van der Waals surface area contributed by atoms with Crippen molar-refractivity contribution in [2.45, 2.75) is 147 Å². The van der Waals surface area contributed by atoms with Crippen LogP contribution in [0.1, 0.15) is 136 Å². The zero-order valence-corrected chi connectivity index (χ0v) is 19.5. The normalized spacial score (nSPS) is 14.3. The first-order valence-electron chi connectivity index (χ1n) is 12.1. The summed E-state index contributed by atoms with van der Waals surface area (Å²) in [6.07, 6.45) is 20.3.